The van der Waals surface area contributed by atoms with Crippen LogP contribution >= 0.6 is 0 Å². The molecule has 0 spiro atoms. The first-order chi connectivity index (χ1) is 9.79. The Hall–Kier alpha value is -1.19. The van der Waals surface area contributed by atoms with Gasteiger partial charge in [-0.1, -0.05) is 20.8 Å². The molecule has 120 valence electrons. The normalized spacial score (nSPS) is 27.5. The molecule has 0 aromatic heterocycles. The molecule has 0 aromatic carbocycles. The van der Waals surface area contributed by atoms with Gasteiger partial charge in [0.25, 0.3) is 0 Å². The van der Waals surface area contributed by atoms with Crippen LogP contribution in [0.5, 0.6) is 0 Å². The van der Waals surface area contributed by atoms with E-state index in [1.165, 1.54) is 6.92 Å². The Labute approximate surface area is 127 Å². The zero-order valence-electron chi connectivity index (χ0n) is 13.8. The Morgan fingerprint density at radius 1 is 1.29 bits per heavy atom. The lowest BCUT2D eigenvalue weighted by molar-refractivity contribution is -0.152. The molecule has 0 aromatic rings. The zero-order valence-corrected chi connectivity index (χ0v) is 13.8. The van der Waals surface area contributed by atoms with Crippen molar-refractivity contribution >= 4 is 17.5 Å². The van der Waals surface area contributed by atoms with Gasteiger partial charge in [-0.25, -0.2) is 0 Å². The van der Waals surface area contributed by atoms with Crippen molar-refractivity contribution < 1.29 is 19.1 Å². The van der Waals surface area contributed by atoms with Crippen LogP contribution in [0.2, 0.25) is 0 Å². The van der Waals surface area contributed by atoms with E-state index in [4.69, 9.17) is 4.74 Å². The fourth-order valence-corrected chi connectivity index (χ4v) is 3.28. The molecule has 0 aliphatic heterocycles. The molecular weight excluding hydrogens is 268 g/mol. The molecule has 1 rings (SSSR count). The minimum Gasteiger partial charge on any atom is -0.465 e. The molecule has 1 aliphatic carbocycles. The third-order valence-corrected chi connectivity index (χ3v) is 4.71. The van der Waals surface area contributed by atoms with Crippen molar-refractivity contribution in [1.29, 1.82) is 0 Å². The standard InChI is InChI=1S/C17H28O4/c1-6-21-17(20)15(12(5)18)9-14-11(4)7-8-13(10(2)3)16(14)19/h10-11,13-15H,6-9H2,1-5H3. The highest BCUT2D eigenvalue weighted by Gasteiger charge is 2.40. The molecule has 0 N–H and O–H groups in total. The Bertz CT molecular complexity index is 400. The van der Waals surface area contributed by atoms with Gasteiger partial charge in [0.15, 0.2) is 0 Å². The molecular formula is C17H28O4. The topological polar surface area (TPSA) is 60.4 Å². The summed E-state index contributed by atoms with van der Waals surface area (Å²) < 4.78 is 4.98. The van der Waals surface area contributed by atoms with E-state index in [1.54, 1.807) is 6.92 Å². The molecule has 0 amide bonds. The van der Waals surface area contributed by atoms with E-state index in [-0.39, 0.29) is 35.9 Å². The molecule has 4 nitrogen and oxygen atoms in total. The van der Waals surface area contributed by atoms with E-state index >= 15 is 0 Å². The molecule has 4 heteroatoms. The fraction of sp³-hybridized carbons (Fsp3) is 0.824. The quantitative estimate of drug-likeness (QED) is 0.558. The maximum absolute atomic E-state index is 12.7. The molecule has 21 heavy (non-hydrogen) atoms. The van der Waals surface area contributed by atoms with Gasteiger partial charge < -0.3 is 4.74 Å². The third kappa shape index (κ3) is 4.39. The largest absolute Gasteiger partial charge is 0.465 e. The number of Topliss-reactive ketones (excluding diaryl/α,β-unsaturated/α-hetero) is 2. The minimum atomic E-state index is -0.799. The van der Waals surface area contributed by atoms with E-state index in [2.05, 4.69) is 13.8 Å². The average Bonchev–Trinajstić information content (AvgIpc) is 2.37. The fourth-order valence-electron chi connectivity index (χ4n) is 3.28. The van der Waals surface area contributed by atoms with Gasteiger partial charge in [0.1, 0.15) is 17.5 Å². The average molecular weight is 296 g/mol. The lowest BCUT2D eigenvalue weighted by Gasteiger charge is -2.35. The molecule has 4 unspecified atom stereocenters. The minimum absolute atomic E-state index is 0.0565. The van der Waals surface area contributed by atoms with Crippen LogP contribution in [0, 0.1) is 29.6 Å². The zero-order chi connectivity index (χ0) is 16.2. The van der Waals surface area contributed by atoms with E-state index in [9.17, 15) is 14.4 Å². The van der Waals surface area contributed by atoms with Crippen molar-refractivity contribution in [2.45, 2.75) is 53.9 Å². The van der Waals surface area contributed by atoms with Gasteiger partial charge in [-0.3, -0.25) is 14.4 Å². The van der Waals surface area contributed by atoms with Crippen molar-refractivity contribution in [2.24, 2.45) is 29.6 Å². The Morgan fingerprint density at radius 3 is 2.38 bits per heavy atom. The van der Waals surface area contributed by atoms with Gasteiger partial charge in [-0.05, 0) is 44.9 Å². The van der Waals surface area contributed by atoms with Crippen LogP contribution in [0.4, 0.5) is 0 Å². The Balaban J connectivity index is 2.87. The first kappa shape index (κ1) is 17.9. The molecule has 0 radical (unpaired) electrons. The van der Waals surface area contributed by atoms with Gasteiger partial charge >= 0.3 is 5.97 Å². The molecule has 0 heterocycles. The first-order valence-electron chi connectivity index (χ1n) is 8.00. The van der Waals surface area contributed by atoms with E-state index in [0.29, 0.717) is 12.3 Å². The number of esters is 1. The SMILES string of the molecule is CCOC(=O)C(CC1C(=O)C(C(C)C)CCC1C)C(C)=O. The van der Waals surface area contributed by atoms with Gasteiger partial charge in [0, 0.05) is 11.8 Å². The van der Waals surface area contributed by atoms with Gasteiger partial charge in [0.2, 0.25) is 0 Å². The maximum Gasteiger partial charge on any atom is 0.316 e. The summed E-state index contributed by atoms with van der Waals surface area (Å²) in [6.07, 6.45) is 2.20. The van der Waals surface area contributed by atoms with Crippen molar-refractivity contribution in [3.8, 4) is 0 Å². The van der Waals surface area contributed by atoms with Crippen LogP contribution in [0.3, 0.4) is 0 Å². The summed E-state index contributed by atoms with van der Waals surface area (Å²) in [6, 6.07) is 0. The number of ether oxygens (including phenoxy) is 1. The van der Waals surface area contributed by atoms with Gasteiger partial charge in [0.05, 0.1) is 6.61 Å². The molecule has 1 fully saturated rings. The van der Waals surface area contributed by atoms with Crippen LogP contribution in [0.25, 0.3) is 0 Å². The van der Waals surface area contributed by atoms with E-state index < -0.39 is 11.9 Å². The van der Waals surface area contributed by atoms with E-state index in [0.717, 1.165) is 12.8 Å². The number of carbonyl (C=O) groups is 3. The highest BCUT2D eigenvalue weighted by molar-refractivity contribution is 5.98. The van der Waals surface area contributed by atoms with Crippen LogP contribution in [0.15, 0.2) is 0 Å². The summed E-state index contributed by atoms with van der Waals surface area (Å²) in [5, 5.41) is 0. The number of hydrogen-bond donors (Lipinski definition) is 0. The molecule has 0 saturated heterocycles. The molecule has 1 saturated carbocycles. The second kappa shape index (κ2) is 7.71. The summed E-state index contributed by atoms with van der Waals surface area (Å²) in [6.45, 7) is 9.54. The summed E-state index contributed by atoms with van der Waals surface area (Å²) in [4.78, 5) is 36.3. The van der Waals surface area contributed by atoms with Crippen LogP contribution in [-0.4, -0.2) is 24.1 Å². The number of rotatable bonds is 6. The van der Waals surface area contributed by atoms with E-state index in [1.807, 2.05) is 6.92 Å². The van der Waals surface area contributed by atoms with Crippen molar-refractivity contribution in [3.05, 3.63) is 0 Å². The number of carbonyl (C=O) groups excluding carboxylic acids is 3. The second-order valence-electron chi connectivity index (χ2n) is 6.56. The third-order valence-electron chi connectivity index (χ3n) is 4.71. The molecule has 1 aliphatic rings. The predicted molar refractivity (Wildman–Crippen MR) is 80.6 cm³/mol. The van der Waals surface area contributed by atoms with Gasteiger partial charge in [-0.2, -0.15) is 0 Å². The lowest BCUT2D eigenvalue weighted by atomic mass is 9.67. The Morgan fingerprint density at radius 2 is 1.90 bits per heavy atom. The predicted octanol–water partition coefficient (Wildman–Crippen LogP) is 3.03. The van der Waals surface area contributed by atoms with Crippen molar-refractivity contribution in [2.75, 3.05) is 6.61 Å². The molecule has 0 bridgehead atoms. The smallest absolute Gasteiger partial charge is 0.316 e. The van der Waals surface area contributed by atoms with Crippen molar-refractivity contribution in [1.82, 2.24) is 0 Å². The second-order valence-corrected chi connectivity index (χ2v) is 6.56. The van der Waals surface area contributed by atoms with Gasteiger partial charge in [-0.15, -0.1) is 0 Å². The number of ketones is 2. The highest BCUT2D eigenvalue weighted by Crippen LogP contribution is 2.38. The van der Waals surface area contributed by atoms with Crippen LogP contribution < -0.4 is 0 Å². The Kier molecular flexibility index (Phi) is 6.56. The maximum atomic E-state index is 12.7. The summed E-state index contributed by atoms with van der Waals surface area (Å²) in [5.74, 6) is -0.886. The van der Waals surface area contributed by atoms with Crippen LogP contribution in [0.1, 0.15) is 53.9 Å². The summed E-state index contributed by atoms with van der Waals surface area (Å²) in [5.41, 5.74) is 0. The first-order valence-corrected chi connectivity index (χ1v) is 8.00. The van der Waals surface area contributed by atoms with Crippen molar-refractivity contribution in [3.63, 3.8) is 0 Å². The lowest BCUT2D eigenvalue weighted by Crippen LogP contribution is -2.39. The highest BCUT2D eigenvalue weighted by atomic mass is 16.5. The van der Waals surface area contributed by atoms with Crippen LogP contribution in [-0.2, 0) is 19.1 Å². The monoisotopic (exact) mass is 296 g/mol. The summed E-state index contributed by atoms with van der Waals surface area (Å²) in [7, 11) is 0. The summed E-state index contributed by atoms with van der Waals surface area (Å²) >= 11 is 0. The molecule has 4 atom stereocenters. The number of hydrogen-bond acceptors (Lipinski definition) is 4.